The minimum absolute atomic E-state index is 0.0243. The van der Waals surface area contributed by atoms with Crippen molar-refractivity contribution in [2.75, 3.05) is 10.0 Å². The summed E-state index contributed by atoms with van der Waals surface area (Å²) >= 11 is 0. The van der Waals surface area contributed by atoms with E-state index in [1.54, 1.807) is 12.1 Å². The SMILES string of the molecule is O=C(Nc1ccc([N+](=O)[O-])cc1)c1ccccc1NS(=O)(=O)c1ccc(F)cc1. The van der Waals surface area contributed by atoms with Crippen molar-refractivity contribution in [3.05, 3.63) is 94.3 Å². The average Bonchev–Trinajstić information content (AvgIpc) is 2.69. The number of nitrogens with one attached hydrogen (secondary N) is 2. The first-order valence-corrected chi connectivity index (χ1v) is 9.68. The van der Waals surface area contributed by atoms with Crippen LogP contribution in [0.4, 0.5) is 21.5 Å². The van der Waals surface area contributed by atoms with Gasteiger partial charge in [0.15, 0.2) is 0 Å². The number of non-ortho nitro benzene ring substituents is 1. The van der Waals surface area contributed by atoms with Crippen molar-refractivity contribution in [1.29, 1.82) is 0 Å². The summed E-state index contributed by atoms with van der Waals surface area (Å²) in [5.74, 6) is -1.19. The zero-order valence-electron chi connectivity index (χ0n) is 14.7. The van der Waals surface area contributed by atoms with Gasteiger partial charge in [0.25, 0.3) is 21.6 Å². The predicted molar refractivity (Wildman–Crippen MR) is 105 cm³/mol. The number of nitro benzene ring substituents is 1. The molecule has 0 aliphatic carbocycles. The molecule has 1 amide bonds. The maximum Gasteiger partial charge on any atom is 0.269 e. The van der Waals surface area contributed by atoms with Crippen LogP contribution < -0.4 is 10.0 Å². The lowest BCUT2D eigenvalue weighted by molar-refractivity contribution is -0.384. The lowest BCUT2D eigenvalue weighted by atomic mass is 10.1. The van der Waals surface area contributed by atoms with E-state index in [4.69, 9.17) is 0 Å². The van der Waals surface area contributed by atoms with Crippen LogP contribution in [0.1, 0.15) is 10.4 Å². The Labute approximate surface area is 165 Å². The van der Waals surface area contributed by atoms with E-state index in [-0.39, 0.29) is 21.8 Å². The molecule has 10 heteroatoms. The van der Waals surface area contributed by atoms with Crippen LogP contribution in [0.25, 0.3) is 0 Å². The molecule has 3 rings (SSSR count). The number of carbonyl (C=O) groups is 1. The van der Waals surface area contributed by atoms with Crippen LogP contribution in [0.3, 0.4) is 0 Å². The molecular weight excluding hydrogens is 401 g/mol. The topological polar surface area (TPSA) is 118 Å². The standard InChI is InChI=1S/C19H14FN3O5S/c20-13-5-11-16(12-6-13)29(27,28)22-18-4-2-1-3-17(18)19(24)21-14-7-9-15(10-8-14)23(25)26/h1-12,22H,(H,21,24). The Hall–Kier alpha value is -3.79. The second-order valence-electron chi connectivity index (χ2n) is 5.86. The van der Waals surface area contributed by atoms with Crippen LogP contribution in [-0.4, -0.2) is 19.2 Å². The van der Waals surface area contributed by atoms with E-state index in [9.17, 15) is 27.7 Å². The van der Waals surface area contributed by atoms with E-state index in [1.807, 2.05) is 0 Å². The summed E-state index contributed by atoms with van der Waals surface area (Å²) in [4.78, 5) is 22.6. The summed E-state index contributed by atoms with van der Waals surface area (Å²) < 4.78 is 40.4. The highest BCUT2D eigenvalue weighted by molar-refractivity contribution is 7.92. The Balaban J connectivity index is 1.83. The second kappa shape index (κ2) is 8.07. The number of hydrogen-bond acceptors (Lipinski definition) is 5. The van der Waals surface area contributed by atoms with E-state index in [2.05, 4.69) is 10.0 Å². The number of amides is 1. The summed E-state index contributed by atoms with van der Waals surface area (Å²) in [6, 6.07) is 15.4. The first-order chi connectivity index (χ1) is 13.8. The molecule has 0 unspecified atom stereocenters. The van der Waals surface area contributed by atoms with Gasteiger partial charge < -0.3 is 5.32 Å². The number of sulfonamides is 1. The van der Waals surface area contributed by atoms with Crippen LogP contribution in [0.15, 0.2) is 77.7 Å². The lowest BCUT2D eigenvalue weighted by Gasteiger charge is -2.13. The maximum atomic E-state index is 13.0. The van der Waals surface area contributed by atoms with Crippen LogP contribution in [0.5, 0.6) is 0 Å². The van der Waals surface area contributed by atoms with Crippen molar-refractivity contribution >= 4 is 33.0 Å². The van der Waals surface area contributed by atoms with Crippen LogP contribution >= 0.6 is 0 Å². The number of benzene rings is 3. The van der Waals surface area contributed by atoms with Gasteiger partial charge >= 0.3 is 0 Å². The minimum Gasteiger partial charge on any atom is -0.322 e. The lowest BCUT2D eigenvalue weighted by Crippen LogP contribution is -2.18. The molecule has 0 aliphatic rings. The van der Waals surface area contributed by atoms with Gasteiger partial charge in [-0.2, -0.15) is 0 Å². The van der Waals surface area contributed by atoms with Crippen molar-refractivity contribution in [2.45, 2.75) is 4.90 Å². The number of nitrogens with zero attached hydrogens (tertiary/aromatic N) is 1. The van der Waals surface area contributed by atoms with E-state index in [0.717, 1.165) is 24.3 Å². The highest BCUT2D eigenvalue weighted by Crippen LogP contribution is 2.22. The highest BCUT2D eigenvalue weighted by atomic mass is 32.2. The molecule has 0 aromatic heterocycles. The number of carbonyl (C=O) groups excluding carboxylic acids is 1. The number of rotatable bonds is 6. The molecule has 148 valence electrons. The van der Waals surface area contributed by atoms with Crippen LogP contribution in [-0.2, 0) is 10.0 Å². The van der Waals surface area contributed by atoms with Gasteiger partial charge in [-0.15, -0.1) is 0 Å². The van der Waals surface area contributed by atoms with Crippen molar-refractivity contribution < 1.29 is 22.5 Å². The van der Waals surface area contributed by atoms with Gasteiger partial charge in [-0.3, -0.25) is 19.6 Å². The zero-order valence-corrected chi connectivity index (χ0v) is 15.5. The molecule has 0 bridgehead atoms. The van der Waals surface area contributed by atoms with E-state index in [0.29, 0.717) is 5.69 Å². The van der Waals surface area contributed by atoms with E-state index < -0.39 is 26.7 Å². The summed E-state index contributed by atoms with van der Waals surface area (Å²) in [7, 11) is -4.05. The molecule has 0 heterocycles. The van der Waals surface area contributed by atoms with Gasteiger partial charge in [-0.25, -0.2) is 12.8 Å². The second-order valence-corrected chi connectivity index (χ2v) is 7.55. The molecule has 0 spiro atoms. The Morgan fingerprint density at radius 1 is 0.931 bits per heavy atom. The normalized spacial score (nSPS) is 10.9. The molecule has 3 aromatic rings. The van der Waals surface area contributed by atoms with E-state index in [1.165, 1.54) is 36.4 Å². The number of anilines is 2. The van der Waals surface area contributed by atoms with Crippen molar-refractivity contribution in [3.63, 3.8) is 0 Å². The minimum atomic E-state index is -4.05. The fourth-order valence-electron chi connectivity index (χ4n) is 2.45. The average molecular weight is 415 g/mol. The number of para-hydroxylation sites is 1. The third-order valence-electron chi connectivity index (χ3n) is 3.88. The van der Waals surface area contributed by atoms with Gasteiger partial charge in [0.2, 0.25) is 0 Å². The molecule has 3 aromatic carbocycles. The van der Waals surface area contributed by atoms with Gasteiger partial charge in [0.05, 0.1) is 21.1 Å². The Morgan fingerprint density at radius 3 is 2.17 bits per heavy atom. The summed E-state index contributed by atoms with van der Waals surface area (Å²) in [5.41, 5.74) is 0.236. The molecule has 0 saturated heterocycles. The smallest absolute Gasteiger partial charge is 0.269 e. The largest absolute Gasteiger partial charge is 0.322 e. The molecule has 0 radical (unpaired) electrons. The zero-order chi connectivity index (χ0) is 21.0. The fourth-order valence-corrected chi connectivity index (χ4v) is 3.53. The van der Waals surface area contributed by atoms with Gasteiger partial charge in [0.1, 0.15) is 5.82 Å². The van der Waals surface area contributed by atoms with Crippen LogP contribution in [0.2, 0.25) is 0 Å². The van der Waals surface area contributed by atoms with Crippen molar-refractivity contribution in [2.24, 2.45) is 0 Å². The molecule has 2 N–H and O–H groups in total. The molecule has 29 heavy (non-hydrogen) atoms. The first-order valence-electron chi connectivity index (χ1n) is 8.19. The molecule has 0 fully saturated rings. The van der Waals surface area contributed by atoms with Crippen molar-refractivity contribution in [1.82, 2.24) is 0 Å². The number of nitro groups is 1. The summed E-state index contributed by atoms with van der Waals surface area (Å²) in [6.45, 7) is 0. The van der Waals surface area contributed by atoms with Crippen LogP contribution in [0, 0.1) is 15.9 Å². The third kappa shape index (κ3) is 4.74. The summed E-state index contributed by atoms with van der Waals surface area (Å²) in [6.07, 6.45) is 0. The summed E-state index contributed by atoms with van der Waals surface area (Å²) in [5, 5.41) is 13.3. The Bertz CT molecular complexity index is 1160. The maximum absolute atomic E-state index is 13.0. The molecule has 0 aliphatic heterocycles. The molecule has 0 atom stereocenters. The predicted octanol–water partition coefficient (Wildman–Crippen LogP) is 3.79. The molecule has 0 saturated carbocycles. The highest BCUT2D eigenvalue weighted by Gasteiger charge is 2.19. The third-order valence-corrected chi connectivity index (χ3v) is 5.26. The number of hydrogen-bond donors (Lipinski definition) is 2. The van der Waals surface area contributed by atoms with Gasteiger partial charge in [0, 0.05) is 17.8 Å². The first kappa shape index (κ1) is 20.0. The van der Waals surface area contributed by atoms with E-state index >= 15 is 0 Å². The Morgan fingerprint density at radius 2 is 1.55 bits per heavy atom. The molecule has 8 nitrogen and oxygen atoms in total. The van der Waals surface area contributed by atoms with Gasteiger partial charge in [-0.1, -0.05) is 12.1 Å². The fraction of sp³-hybridized carbons (Fsp3) is 0. The quantitative estimate of drug-likeness (QED) is 0.469. The number of halogens is 1. The molecular formula is C19H14FN3O5S. The van der Waals surface area contributed by atoms with Gasteiger partial charge in [-0.05, 0) is 48.5 Å². The van der Waals surface area contributed by atoms with Crippen molar-refractivity contribution in [3.8, 4) is 0 Å². The Kier molecular flexibility index (Phi) is 5.55. The monoisotopic (exact) mass is 415 g/mol.